The third kappa shape index (κ3) is 7.39. The highest BCUT2D eigenvalue weighted by Gasteiger charge is 2.25. The zero-order valence-electron chi connectivity index (χ0n) is 14.9. The van der Waals surface area contributed by atoms with Gasteiger partial charge >= 0.3 is 11.9 Å². The number of rotatable bonds is 11. The van der Waals surface area contributed by atoms with Gasteiger partial charge in [-0.05, 0) is 12.5 Å². The largest absolute Gasteiger partial charge is 0.462 e. The van der Waals surface area contributed by atoms with Gasteiger partial charge in [0.25, 0.3) is 0 Å². The van der Waals surface area contributed by atoms with Crippen molar-refractivity contribution in [1.29, 1.82) is 0 Å². The summed E-state index contributed by atoms with van der Waals surface area (Å²) in [5.74, 6) is -0.0592. The second kappa shape index (κ2) is 12.9. The van der Waals surface area contributed by atoms with Gasteiger partial charge in [0.15, 0.2) is 0 Å². The fraction of sp³-hybridized carbons (Fsp3) is 0.333. The highest BCUT2D eigenvalue weighted by Crippen LogP contribution is 2.50. The highest BCUT2D eigenvalue weighted by molar-refractivity contribution is 8.16. The summed E-state index contributed by atoms with van der Waals surface area (Å²) in [5.41, 5.74) is 1.17. The molecule has 0 spiro atoms. The molecule has 28 heavy (non-hydrogen) atoms. The van der Waals surface area contributed by atoms with Gasteiger partial charge in [-0.3, -0.25) is 0 Å². The number of halogens is 4. The molecule has 10 heteroatoms. The summed E-state index contributed by atoms with van der Waals surface area (Å²) < 4.78 is 9.70. The lowest BCUT2D eigenvalue weighted by molar-refractivity contribution is -0.138. The average Bonchev–Trinajstić information content (AvgIpc) is 2.70. The summed E-state index contributed by atoms with van der Waals surface area (Å²) in [7, 11) is 0. The molecule has 1 aromatic carbocycles. The zero-order valence-corrected chi connectivity index (χ0v) is 19.6. The second-order valence-corrected chi connectivity index (χ2v) is 9.35. The summed E-state index contributed by atoms with van der Waals surface area (Å²) in [6.07, 6.45) is 2.19. The lowest BCUT2D eigenvalue weighted by Gasteiger charge is -2.22. The molecule has 0 unspecified atom stereocenters. The number of benzene rings is 1. The van der Waals surface area contributed by atoms with E-state index >= 15 is 0 Å². The average molecular weight is 504 g/mol. The highest BCUT2D eigenvalue weighted by atomic mass is 35.5. The molecule has 0 fully saturated rings. The van der Waals surface area contributed by atoms with E-state index in [1.165, 1.54) is 23.5 Å². The van der Waals surface area contributed by atoms with Gasteiger partial charge < -0.3 is 9.47 Å². The topological polar surface area (TPSA) is 52.6 Å². The van der Waals surface area contributed by atoms with Crippen LogP contribution in [0.5, 0.6) is 0 Å². The number of hydrogen-bond acceptors (Lipinski definition) is 6. The van der Waals surface area contributed by atoms with E-state index in [0.717, 1.165) is 12.2 Å². The number of hydrogen-bond donors (Lipinski definition) is 0. The molecule has 0 saturated heterocycles. The summed E-state index contributed by atoms with van der Waals surface area (Å²) in [6.45, 7) is 8.78. The van der Waals surface area contributed by atoms with Gasteiger partial charge in [-0.25, -0.2) is 9.59 Å². The van der Waals surface area contributed by atoms with Crippen LogP contribution in [0.3, 0.4) is 0 Å². The third-order valence-electron chi connectivity index (χ3n) is 3.28. The van der Waals surface area contributed by atoms with Crippen molar-refractivity contribution in [2.45, 2.75) is 11.5 Å². The first-order valence-electron chi connectivity index (χ1n) is 7.88. The van der Waals surface area contributed by atoms with Crippen molar-refractivity contribution >= 4 is 81.9 Å². The molecule has 4 nitrogen and oxygen atoms in total. The van der Waals surface area contributed by atoms with Gasteiger partial charge in [-0.1, -0.05) is 59.6 Å². The molecule has 0 heterocycles. The number of carbonyl (C=O) groups excluding carboxylic acids is 2. The van der Waals surface area contributed by atoms with Crippen LogP contribution in [0, 0.1) is 6.92 Å². The van der Waals surface area contributed by atoms with Gasteiger partial charge in [-0.15, -0.1) is 23.5 Å². The van der Waals surface area contributed by atoms with E-state index < -0.39 is 11.9 Å². The van der Waals surface area contributed by atoms with Crippen molar-refractivity contribution in [3.8, 4) is 0 Å². The molecule has 0 bridgehead atoms. The minimum Gasteiger partial charge on any atom is -0.462 e. The van der Waals surface area contributed by atoms with E-state index in [9.17, 15) is 9.59 Å². The molecule has 0 atom stereocenters. The van der Waals surface area contributed by atoms with E-state index in [0.29, 0.717) is 42.7 Å². The fourth-order valence-electron chi connectivity index (χ4n) is 1.89. The molecule has 0 aromatic heterocycles. The van der Waals surface area contributed by atoms with Crippen LogP contribution in [-0.2, 0) is 19.1 Å². The number of thioether (sulfide) groups is 2. The summed E-state index contributed by atoms with van der Waals surface area (Å²) >= 11 is 28.4. The summed E-state index contributed by atoms with van der Waals surface area (Å²) in [4.78, 5) is 22.4. The summed E-state index contributed by atoms with van der Waals surface area (Å²) in [5, 5.41) is 1.27. The Morgan fingerprint density at radius 3 is 1.64 bits per heavy atom. The summed E-state index contributed by atoms with van der Waals surface area (Å²) in [6, 6.07) is 0. The zero-order chi connectivity index (χ0) is 21.3. The quantitative estimate of drug-likeness (QED) is 0.112. The maximum Gasteiger partial charge on any atom is 0.330 e. The van der Waals surface area contributed by atoms with Crippen molar-refractivity contribution < 1.29 is 19.1 Å². The van der Waals surface area contributed by atoms with E-state index in [1.54, 1.807) is 6.92 Å². The minimum absolute atomic E-state index is 0.181. The van der Waals surface area contributed by atoms with Crippen molar-refractivity contribution in [2.75, 3.05) is 24.7 Å². The van der Waals surface area contributed by atoms with Crippen molar-refractivity contribution in [3.05, 3.63) is 56.5 Å². The van der Waals surface area contributed by atoms with Crippen LogP contribution in [0.4, 0.5) is 0 Å². The maximum atomic E-state index is 11.2. The monoisotopic (exact) mass is 502 g/mol. The van der Waals surface area contributed by atoms with E-state index in [4.69, 9.17) is 55.9 Å². The van der Waals surface area contributed by atoms with Crippen LogP contribution >= 0.6 is 69.9 Å². The van der Waals surface area contributed by atoms with Gasteiger partial charge in [0.2, 0.25) is 0 Å². The van der Waals surface area contributed by atoms with Crippen molar-refractivity contribution in [2.24, 2.45) is 0 Å². The van der Waals surface area contributed by atoms with Crippen LogP contribution in [0.15, 0.2) is 25.3 Å². The van der Waals surface area contributed by atoms with Crippen LogP contribution in [0.25, 0.3) is 0 Å². The molecule has 154 valence electrons. The molecular weight excluding hydrogens is 486 g/mol. The first-order chi connectivity index (χ1) is 13.2. The standard InChI is InChI=1S/C18H18Cl4O4S2/c1-4-11(23)25-6-8-27-18(28-9-7-26-12(24)5-2)13-16(21)14(19)10(3)15(20)17(13)22/h4-5,18H,1-2,6-9H2,3H3. The number of esters is 2. The van der Waals surface area contributed by atoms with Gasteiger partial charge in [-0.2, -0.15) is 0 Å². The Hall–Kier alpha value is -0.500. The van der Waals surface area contributed by atoms with Crippen LogP contribution in [0.1, 0.15) is 15.7 Å². The molecule has 0 radical (unpaired) electrons. The smallest absolute Gasteiger partial charge is 0.330 e. The van der Waals surface area contributed by atoms with E-state index in [2.05, 4.69) is 13.2 Å². The molecule has 0 amide bonds. The Balaban J connectivity index is 2.96. The van der Waals surface area contributed by atoms with Gasteiger partial charge in [0.1, 0.15) is 13.2 Å². The Kier molecular flexibility index (Phi) is 11.8. The van der Waals surface area contributed by atoms with E-state index in [-0.39, 0.29) is 17.8 Å². The first-order valence-corrected chi connectivity index (χ1v) is 11.5. The molecule has 0 N–H and O–H groups in total. The Morgan fingerprint density at radius 2 is 1.29 bits per heavy atom. The number of ether oxygens (including phenoxy) is 2. The normalized spacial score (nSPS) is 10.6. The molecular formula is C18H18Cl4O4S2. The Morgan fingerprint density at radius 1 is 0.893 bits per heavy atom. The Labute approximate surface area is 192 Å². The fourth-order valence-corrected chi connectivity index (χ4v) is 5.89. The molecule has 0 aliphatic rings. The molecule has 0 saturated carbocycles. The van der Waals surface area contributed by atoms with Crippen molar-refractivity contribution in [1.82, 2.24) is 0 Å². The predicted octanol–water partition coefficient (Wildman–Crippen LogP) is 6.53. The second-order valence-electron chi connectivity index (χ2n) is 5.11. The lowest BCUT2D eigenvalue weighted by Crippen LogP contribution is -2.07. The molecule has 0 aliphatic heterocycles. The molecule has 1 rings (SSSR count). The SMILES string of the molecule is C=CC(=O)OCCSC(SCCOC(=O)C=C)c1c(Cl)c(Cl)c(C)c(Cl)c1Cl. The van der Waals surface area contributed by atoms with Gasteiger partial charge in [0.05, 0.1) is 24.7 Å². The predicted molar refractivity (Wildman–Crippen MR) is 121 cm³/mol. The van der Waals surface area contributed by atoms with Crippen LogP contribution in [0.2, 0.25) is 20.1 Å². The number of carbonyl (C=O) groups is 2. The first kappa shape index (κ1) is 25.5. The molecule has 1 aromatic rings. The van der Waals surface area contributed by atoms with Crippen LogP contribution in [-0.4, -0.2) is 36.7 Å². The Bertz CT molecular complexity index is 699. The molecule has 0 aliphatic carbocycles. The third-order valence-corrected chi connectivity index (χ3v) is 7.90. The van der Waals surface area contributed by atoms with Crippen LogP contribution < -0.4 is 0 Å². The van der Waals surface area contributed by atoms with Gasteiger partial charge in [0, 0.05) is 29.2 Å². The van der Waals surface area contributed by atoms with Crippen molar-refractivity contribution in [3.63, 3.8) is 0 Å². The minimum atomic E-state index is -0.501. The lowest BCUT2D eigenvalue weighted by atomic mass is 10.1. The van der Waals surface area contributed by atoms with E-state index in [1.807, 2.05) is 0 Å². The maximum absolute atomic E-state index is 11.2.